The van der Waals surface area contributed by atoms with Crippen LogP contribution in [0.5, 0.6) is 0 Å². The maximum absolute atomic E-state index is 12.5. The summed E-state index contributed by atoms with van der Waals surface area (Å²) in [5, 5.41) is 20.5. The van der Waals surface area contributed by atoms with E-state index in [1.165, 1.54) is 9.91 Å². The van der Waals surface area contributed by atoms with Gasteiger partial charge in [-0.2, -0.15) is 10.3 Å². The topological polar surface area (TPSA) is 125 Å². The average molecular weight is 576 g/mol. The number of hydrogen-bond acceptors (Lipinski definition) is 7. The molecule has 11 nitrogen and oxygen atoms in total. The van der Waals surface area contributed by atoms with Crippen molar-refractivity contribution in [3.8, 4) is 22.5 Å². The highest BCUT2D eigenvalue weighted by Crippen LogP contribution is 2.30. The summed E-state index contributed by atoms with van der Waals surface area (Å²) in [5.41, 5.74) is 7.83. The number of likely N-dealkylation sites (N-methyl/N-ethyl adjacent to an activating group) is 1. The van der Waals surface area contributed by atoms with E-state index < -0.39 is 0 Å². The molecule has 0 radical (unpaired) electrons. The molecule has 2 amide bonds. The third kappa shape index (κ3) is 5.78. The molecule has 6 rings (SSSR count). The fraction of sp³-hybridized carbons (Fsp3) is 0.281. The minimum atomic E-state index is -0.166. The van der Waals surface area contributed by atoms with Gasteiger partial charge < -0.3 is 9.47 Å². The van der Waals surface area contributed by atoms with Crippen LogP contribution in [0.1, 0.15) is 43.1 Å². The largest absolute Gasteiger partial charge is 0.347 e. The van der Waals surface area contributed by atoms with Crippen molar-refractivity contribution >= 4 is 28.6 Å². The number of nitrogens with one attached hydrogen (secondary N) is 1. The molecule has 218 valence electrons. The smallest absolute Gasteiger partial charge is 0.243 e. The first-order valence-corrected chi connectivity index (χ1v) is 14.4. The molecule has 1 aliphatic heterocycles. The van der Waals surface area contributed by atoms with Gasteiger partial charge in [-0.1, -0.05) is 61.5 Å². The highest BCUT2D eigenvalue weighted by Gasteiger charge is 2.24. The molecular formula is C32H33N9O2. The number of carbonyl (C=O) groups is 2. The molecule has 1 aliphatic rings. The van der Waals surface area contributed by atoms with Crippen molar-refractivity contribution in [2.75, 3.05) is 20.6 Å². The molecule has 0 aliphatic carbocycles. The van der Waals surface area contributed by atoms with Crippen LogP contribution in [0.2, 0.25) is 0 Å². The molecule has 2 aromatic heterocycles. The van der Waals surface area contributed by atoms with E-state index in [0.717, 1.165) is 63.2 Å². The van der Waals surface area contributed by atoms with Gasteiger partial charge in [-0.15, -0.1) is 10.2 Å². The Morgan fingerprint density at radius 2 is 1.74 bits per heavy atom. The Morgan fingerprint density at radius 3 is 2.47 bits per heavy atom. The van der Waals surface area contributed by atoms with E-state index in [9.17, 15) is 9.59 Å². The van der Waals surface area contributed by atoms with Crippen molar-refractivity contribution in [2.24, 2.45) is 5.10 Å². The zero-order valence-corrected chi connectivity index (χ0v) is 24.5. The van der Waals surface area contributed by atoms with Crippen LogP contribution in [0, 0.1) is 0 Å². The van der Waals surface area contributed by atoms with Crippen LogP contribution < -0.4 is 0 Å². The average Bonchev–Trinajstić information content (AvgIpc) is 3.67. The molecule has 11 heteroatoms. The first-order chi connectivity index (χ1) is 20.9. The number of imidazole rings is 1. The number of aromatic nitrogens is 6. The number of aryl methyl sites for hydroxylation is 1. The van der Waals surface area contributed by atoms with Crippen molar-refractivity contribution in [1.29, 1.82) is 0 Å². The highest BCUT2D eigenvalue weighted by atomic mass is 16.2. The lowest BCUT2D eigenvalue weighted by Crippen LogP contribution is -2.40. The van der Waals surface area contributed by atoms with E-state index in [1.54, 1.807) is 14.1 Å². The van der Waals surface area contributed by atoms with Crippen LogP contribution in [-0.2, 0) is 22.6 Å². The lowest BCUT2D eigenvalue weighted by Gasteiger charge is -2.24. The Kier molecular flexibility index (Phi) is 7.78. The summed E-state index contributed by atoms with van der Waals surface area (Å²) in [6.07, 6.45) is 2.68. The normalized spacial score (nSPS) is 13.4. The van der Waals surface area contributed by atoms with Crippen LogP contribution in [0.3, 0.4) is 0 Å². The number of rotatable bonds is 9. The number of hydrazone groups is 1. The van der Waals surface area contributed by atoms with Crippen LogP contribution in [0.15, 0.2) is 71.8 Å². The predicted molar refractivity (Wildman–Crippen MR) is 164 cm³/mol. The number of fused-ring (bicyclic) bond motifs is 1. The highest BCUT2D eigenvalue weighted by molar-refractivity contribution is 6.06. The van der Waals surface area contributed by atoms with Crippen molar-refractivity contribution in [3.63, 3.8) is 0 Å². The van der Waals surface area contributed by atoms with Crippen LogP contribution in [0.4, 0.5) is 0 Å². The standard InChI is InChI=1S/C32H33N9O2/c1-4-7-29-33-27-15-14-23(26-16-17-30(42)41(36-26)20-31(43)39(2)3)18-28(27)40(29)19-21-10-12-22(13-11-21)24-8-5-6-9-25(24)32-34-37-38-35-32/h5-6,8-15,18H,4,7,16-17,19-20H2,1-3H3,(H,34,35,37,38). The SMILES string of the molecule is CCCc1nc2ccc(C3=NN(CC(=O)N(C)C)C(=O)CC3)cc2n1Cc1ccc(-c2ccccc2-c2nn[nH]n2)cc1. The van der Waals surface area contributed by atoms with Gasteiger partial charge in [-0.05, 0) is 46.0 Å². The number of nitrogens with zero attached hydrogens (tertiary/aromatic N) is 8. The van der Waals surface area contributed by atoms with Gasteiger partial charge in [0.2, 0.25) is 17.6 Å². The maximum atomic E-state index is 12.5. The fourth-order valence-corrected chi connectivity index (χ4v) is 5.32. The minimum absolute atomic E-state index is 0.0638. The van der Waals surface area contributed by atoms with Gasteiger partial charge in [0.15, 0.2) is 0 Å². The van der Waals surface area contributed by atoms with Gasteiger partial charge in [-0.3, -0.25) is 9.59 Å². The molecule has 0 saturated carbocycles. The minimum Gasteiger partial charge on any atom is -0.347 e. The van der Waals surface area contributed by atoms with Gasteiger partial charge in [0.1, 0.15) is 12.4 Å². The fourth-order valence-electron chi connectivity index (χ4n) is 5.32. The molecule has 3 aromatic carbocycles. The quantitative estimate of drug-likeness (QED) is 0.279. The molecule has 0 atom stereocenters. The molecule has 1 N–H and O–H groups in total. The first-order valence-electron chi connectivity index (χ1n) is 14.4. The Bertz CT molecular complexity index is 1800. The summed E-state index contributed by atoms with van der Waals surface area (Å²) in [7, 11) is 3.35. The maximum Gasteiger partial charge on any atom is 0.243 e. The molecule has 0 saturated heterocycles. The second kappa shape index (κ2) is 12.0. The molecule has 0 unspecified atom stereocenters. The van der Waals surface area contributed by atoms with E-state index >= 15 is 0 Å². The van der Waals surface area contributed by atoms with E-state index in [2.05, 4.69) is 73.6 Å². The molecule has 0 spiro atoms. The number of benzene rings is 3. The summed E-state index contributed by atoms with van der Waals surface area (Å²) in [6.45, 7) is 2.75. The van der Waals surface area contributed by atoms with Crippen molar-refractivity contribution < 1.29 is 9.59 Å². The Morgan fingerprint density at radius 1 is 0.977 bits per heavy atom. The molecule has 3 heterocycles. The lowest BCUT2D eigenvalue weighted by atomic mass is 9.98. The number of H-pyrrole nitrogens is 1. The second-order valence-electron chi connectivity index (χ2n) is 10.8. The molecular weight excluding hydrogens is 542 g/mol. The van der Waals surface area contributed by atoms with Gasteiger partial charge in [0, 0.05) is 45.5 Å². The van der Waals surface area contributed by atoms with E-state index in [1.807, 2.05) is 30.3 Å². The Labute approximate surface area is 249 Å². The molecule has 43 heavy (non-hydrogen) atoms. The third-order valence-electron chi connectivity index (χ3n) is 7.64. The predicted octanol–water partition coefficient (Wildman–Crippen LogP) is 4.30. The monoisotopic (exact) mass is 575 g/mol. The first kappa shape index (κ1) is 28.0. The van der Waals surface area contributed by atoms with E-state index in [0.29, 0.717) is 25.2 Å². The summed E-state index contributed by atoms with van der Waals surface area (Å²) in [6, 6.07) is 22.7. The second-order valence-corrected chi connectivity index (χ2v) is 10.8. The van der Waals surface area contributed by atoms with Crippen molar-refractivity contribution in [1.82, 2.24) is 40.1 Å². The van der Waals surface area contributed by atoms with Gasteiger partial charge in [0.05, 0.1) is 16.7 Å². The van der Waals surface area contributed by atoms with E-state index in [4.69, 9.17) is 4.98 Å². The van der Waals surface area contributed by atoms with Crippen molar-refractivity contribution in [2.45, 2.75) is 39.2 Å². The lowest BCUT2D eigenvalue weighted by molar-refractivity contribution is -0.139. The number of carbonyl (C=O) groups excluding carboxylic acids is 2. The van der Waals surface area contributed by atoms with Crippen molar-refractivity contribution in [3.05, 3.63) is 83.7 Å². The molecule has 5 aromatic rings. The zero-order chi connectivity index (χ0) is 29.9. The number of aromatic amines is 1. The van der Waals surface area contributed by atoms with Gasteiger partial charge in [0.25, 0.3) is 0 Å². The number of tetrazole rings is 1. The summed E-state index contributed by atoms with van der Waals surface area (Å²) in [4.78, 5) is 31.2. The van der Waals surface area contributed by atoms with Crippen LogP contribution in [-0.4, -0.2) is 78.3 Å². The van der Waals surface area contributed by atoms with Gasteiger partial charge in [-0.25, -0.2) is 9.99 Å². The Hall–Kier alpha value is -5.19. The molecule has 0 bridgehead atoms. The van der Waals surface area contributed by atoms with Crippen LogP contribution >= 0.6 is 0 Å². The third-order valence-corrected chi connectivity index (χ3v) is 7.64. The summed E-state index contributed by atoms with van der Waals surface area (Å²) < 4.78 is 2.27. The van der Waals surface area contributed by atoms with Crippen LogP contribution in [0.25, 0.3) is 33.5 Å². The van der Waals surface area contributed by atoms with Gasteiger partial charge >= 0.3 is 0 Å². The number of amides is 2. The molecule has 0 fully saturated rings. The van der Waals surface area contributed by atoms with E-state index in [-0.39, 0.29) is 18.4 Å². The summed E-state index contributed by atoms with van der Waals surface area (Å²) in [5.74, 6) is 1.28. The summed E-state index contributed by atoms with van der Waals surface area (Å²) >= 11 is 0. The zero-order valence-electron chi connectivity index (χ0n) is 24.5. The number of hydrogen-bond donors (Lipinski definition) is 1. The Balaban J connectivity index is 1.31.